The van der Waals surface area contributed by atoms with Crippen LogP contribution in [0.3, 0.4) is 0 Å². The molecule has 0 spiro atoms. The minimum atomic E-state index is -0.195. The number of carbonyl (C=O) groups excluding carboxylic acids is 1. The van der Waals surface area contributed by atoms with Gasteiger partial charge in [-0.25, -0.2) is 0 Å². The molecule has 17 heavy (non-hydrogen) atoms. The summed E-state index contributed by atoms with van der Waals surface area (Å²) in [6.45, 7) is 2.67. The van der Waals surface area contributed by atoms with E-state index in [0.29, 0.717) is 13.0 Å². The molecule has 1 aromatic carbocycles. The number of rotatable bonds is 5. The van der Waals surface area contributed by atoms with Crippen molar-refractivity contribution in [1.29, 1.82) is 0 Å². The molecule has 94 valence electrons. The molecule has 1 N–H and O–H groups in total. The van der Waals surface area contributed by atoms with Gasteiger partial charge in [0.25, 0.3) is 0 Å². The average Bonchev–Trinajstić information content (AvgIpc) is 2.28. The summed E-state index contributed by atoms with van der Waals surface area (Å²) in [6.07, 6.45) is 0.384. The zero-order chi connectivity index (χ0) is 12.8. The molecular weight excluding hydrogens is 350 g/mol. The predicted octanol–water partition coefficient (Wildman–Crippen LogP) is 3.43. The molecule has 1 atom stereocenters. The van der Waals surface area contributed by atoms with Gasteiger partial charge in [0.15, 0.2) is 0 Å². The van der Waals surface area contributed by atoms with E-state index in [1.807, 2.05) is 18.2 Å². The molecular formula is C12H15Br2NO2. The molecule has 0 bridgehead atoms. The SMILES string of the molecule is COC(=O)CCNC(C)c1ccc(Br)cc1Br. The van der Waals surface area contributed by atoms with E-state index in [-0.39, 0.29) is 12.0 Å². The van der Waals surface area contributed by atoms with Gasteiger partial charge in [-0.1, -0.05) is 37.9 Å². The quantitative estimate of drug-likeness (QED) is 0.813. The van der Waals surface area contributed by atoms with Crippen molar-refractivity contribution >= 4 is 37.8 Å². The van der Waals surface area contributed by atoms with E-state index in [0.717, 1.165) is 14.5 Å². The van der Waals surface area contributed by atoms with Crippen LogP contribution in [-0.4, -0.2) is 19.6 Å². The normalized spacial score (nSPS) is 12.2. The van der Waals surface area contributed by atoms with Crippen LogP contribution in [0.5, 0.6) is 0 Å². The minimum absolute atomic E-state index is 0.183. The number of hydrogen-bond acceptors (Lipinski definition) is 3. The van der Waals surface area contributed by atoms with E-state index in [2.05, 4.69) is 48.8 Å². The lowest BCUT2D eigenvalue weighted by atomic mass is 10.1. The number of carbonyl (C=O) groups is 1. The third-order valence-electron chi connectivity index (χ3n) is 2.44. The molecule has 1 aromatic rings. The fourth-order valence-electron chi connectivity index (χ4n) is 1.46. The first-order valence-electron chi connectivity index (χ1n) is 5.29. The summed E-state index contributed by atoms with van der Waals surface area (Å²) in [5.41, 5.74) is 1.16. The maximum absolute atomic E-state index is 11.0. The van der Waals surface area contributed by atoms with E-state index in [1.165, 1.54) is 7.11 Å². The Morgan fingerprint density at radius 2 is 2.18 bits per heavy atom. The number of methoxy groups -OCH3 is 1. The van der Waals surface area contributed by atoms with Crippen molar-refractivity contribution in [2.45, 2.75) is 19.4 Å². The highest BCUT2D eigenvalue weighted by molar-refractivity contribution is 9.11. The van der Waals surface area contributed by atoms with Gasteiger partial charge in [-0.15, -0.1) is 0 Å². The van der Waals surface area contributed by atoms with Gasteiger partial charge in [0.05, 0.1) is 13.5 Å². The van der Waals surface area contributed by atoms with E-state index < -0.39 is 0 Å². The topological polar surface area (TPSA) is 38.3 Å². The predicted molar refractivity (Wildman–Crippen MR) is 74.9 cm³/mol. The summed E-state index contributed by atoms with van der Waals surface area (Å²) >= 11 is 6.94. The maximum atomic E-state index is 11.0. The lowest BCUT2D eigenvalue weighted by molar-refractivity contribution is -0.140. The minimum Gasteiger partial charge on any atom is -0.469 e. The van der Waals surface area contributed by atoms with E-state index >= 15 is 0 Å². The van der Waals surface area contributed by atoms with E-state index in [1.54, 1.807) is 0 Å². The van der Waals surface area contributed by atoms with Crippen LogP contribution in [0.1, 0.15) is 24.9 Å². The number of halogens is 2. The van der Waals surface area contributed by atoms with Crippen molar-refractivity contribution in [3.63, 3.8) is 0 Å². The number of esters is 1. The first kappa shape index (κ1) is 14.7. The van der Waals surface area contributed by atoms with Crippen molar-refractivity contribution in [2.75, 3.05) is 13.7 Å². The van der Waals surface area contributed by atoms with Gasteiger partial charge < -0.3 is 10.1 Å². The van der Waals surface area contributed by atoms with Gasteiger partial charge in [-0.3, -0.25) is 4.79 Å². The second-order valence-electron chi connectivity index (χ2n) is 3.67. The van der Waals surface area contributed by atoms with Crippen LogP contribution in [0, 0.1) is 0 Å². The van der Waals surface area contributed by atoms with Crippen LogP contribution in [0.15, 0.2) is 27.1 Å². The highest BCUT2D eigenvalue weighted by Gasteiger charge is 2.09. The van der Waals surface area contributed by atoms with Gasteiger partial charge in [-0.2, -0.15) is 0 Å². The van der Waals surface area contributed by atoms with Gasteiger partial charge in [0.2, 0.25) is 0 Å². The molecule has 0 amide bonds. The van der Waals surface area contributed by atoms with Gasteiger partial charge in [-0.05, 0) is 24.6 Å². The Labute approximate surface area is 118 Å². The van der Waals surface area contributed by atoms with Crippen LogP contribution in [0.4, 0.5) is 0 Å². The smallest absolute Gasteiger partial charge is 0.306 e. The molecule has 0 aliphatic carbocycles. The highest BCUT2D eigenvalue weighted by atomic mass is 79.9. The lowest BCUT2D eigenvalue weighted by Gasteiger charge is -2.15. The van der Waals surface area contributed by atoms with E-state index in [4.69, 9.17) is 0 Å². The zero-order valence-electron chi connectivity index (χ0n) is 9.80. The molecule has 0 heterocycles. The van der Waals surface area contributed by atoms with Crippen molar-refractivity contribution in [2.24, 2.45) is 0 Å². The lowest BCUT2D eigenvalue weighted by Crippen LogP contribution is -2.22. The number of benzene rings is 1. The second-order valence-corrected chi connectivity index (χ2v) is 5.44. The molecule has 3 nitrogen and oxygen atoms in total. The van der Waals surface area contributed by atoms with Gasteiger partial charge in [0, 0.05) is 21.5 Å². The summed E-state index contributed by atoms with van der Waals surface area (Å²) < 4.78 is 6.67. The number of nitrogens with one attached hydrogen (secondary N) is 1. The number of ether oxygens (including phenoxy) is 1. The van der Waals surface area contributed by atoms with Gasteiger partial charge in [0.1, 0.15) is 0 Å². The Balaban J connectivity index is 2.52. The van der Waals surface area contributed by atoms with Crippen molar-refractivity contribution < 1.29 is 9.53 Å². The van der Waals surface area contributed by atoms with Crippen LogP contribution in [-0.2, 0) is 9.53 Å². The Morgan fingerprint density at radius 3 is 2.76 bits per heavy atom. The molecule has 0 aliphatic rings. The Bertz CT molecular complexity index is 396. The van der Waals surface area contributed by atoms with Crippen LogP contribution in [0.25, 0.3) is 0 Å². The second kappa shape index (κ2) is 7.13. The molecule has 0 aromatic heterocycles. The number of hydrogen-bond donors (Lipinski definition) is 1. The Morgan fingerprint density at radius 1 is 1.47 bits per heavy atom. The summed E-state index contributed by atoms with van der Waals surface area (Å²) in [7, 11) is 1.40. The maximum Gasteiger partial charge on any atom is 0.306 e. The third kappa shape index (κ3) is 4.77. The Hall–Kier alpha value is -0.390. The molecule has 0 fully saturated rings. The van der Waals surface area contributed by atoms with Gasteiger partial charge >= 0.3 is 5.97 Å². The summed E-state index contributed by atoms with van der Waals surface area (Å²) in [5.74, 6) is -0.195. The summed E-state index contributed by atoms with van der Waals surface area (Å²) in [4.78, 5) is 11.0. The van der Waals surface area contributed by atoms with E-state index in [9.17, 15) is 4.79 Å². The van der Waals surface area contributed by atoms with Crippen LogP contribution < -0.4 is 5.32 Å². The van der Waals surface area contributed by atoms with Crippen molar-refractivity contribution in [3.8, 4) is 0 Å². The summed E-state index contributed by atoms with van der Waals surface area (Å²) in [6, 6.07) is 6.23. The highest BCUT2D eigenvalue weighted by Crippen LogP contribution is 2.26. The molecule has 0 aliphatic heterocycles. The average molecular weight is 365 g/mol. The summed E-state index contributed by atoms with van der Waals surface area (Å²) in [5, 5.41) is 3.28. The van der Waals surface area contributed by atoms with Crippen LogP contribution >= 0.6 is 31.9 Å². The fourth-order valence-corrected chi connectivity index (χ4v) is 2.85. The standard InChI is InChI=1S/C12H15Br2NO2/c1-8(15-6-5-12(16)17-2)10-4-3-9(13)7-11(10)14/h3-4,7-8,15H,5-6H2,1-2H3. The monoisotopic (exact) mass is 363 g/mol. The molecule has 0 radical (unpaired) electrons. The third-order valence-corrected chi connectivity index (χ3v) is 3.62. The first-order valence-corrected chi connectivity index (χ1v) is 6.88. The molecule has 1 unspecified atom stereocenters. The largest absolute Gasteiger partial charge is 0.469 e. The molecule has 0 saturated heterocycles. The van der Waals surface area contributed by atoms with Crippen molar-refractivity contribution in [3.05, 3.63) is 32.7 Å². The molecule has 0 saturated carbocycles. The first-order chi connectivity index (χ1) is 8.04. The molecule has 1 rings (SSSR count). The molecule has 5 heteroatoms. The Kier molecular flexibility index (Phi) is 6.16. The fraction of sp³-hybridized carbons (Fsp3) is 0.417. The zero-order valence-corrected chi connectivity index (χ0v) is 13.0. The van der Waals surface area contributed by atoms with Crippen LogP contribution in [0.2, 0.25) is 0 Å². The van der Waals surface area contributed by atoms with Crippen molar-refractivity contribution in [1.82, 2.24) is 5.32 Å².